The average molecular weight is 231 g/mol. The van der Waals surface area contributed by atoms with E-state index in [4.69, 9.17) is 0 Å². The van der Waals surface area contributed by atoms with Gasteiger partial charge in [0.1, 0.15) is 11.6 Å². The Bertz CT molecular complexity index is 284. The molecule has 0 aliphatic carbocycles. The molecule has 0 spiro atoms. The predicted octanol–water partition coefficient (Wildman–Crippen LogP) is 2.81. The molecule has 15 heavy (non-hydrogen) atoms. The van der Waals surface area contributed by atoms with Crippen LogP contribution < -0.4 is 5.32 Å². The zero-order chi connectivity index (χ0) is 11.1. The molecule has 0 aromatic heterocycles. The molecule has 1 nitrogen and oxygen atoms in total. The minimum atomic E-state index is -0.479. The number of hydrogen-bond acceptors (Lipinski definition) is 2. The summed E-state index contributed by atoms with van der Waals surface area (Å²) < 4.78 is 26.3. The van der Waals surface area contributed by atoms with Gasteiger partial charge in [0, 0.05) is 12.1 Å². The molecule has 0 radical (unpaired) electrons. The van der Waals surface area contributed by atoms with Gasteiger partial charge >= 0.3 is 0 Å². The van der Waals surface area contributed by atoms with Crippen LogP contribution in [0.3, 0.4) is 0 Å². The van der Waals surface area contributed by atoms with E-state index in [2.05, 4.69) is 5.32 Å². The maximum Gasteiger partial charge on any atom is 0.130 e. The van der Waals surface area contributed by atoms with Crippen LogP contribution in [0, 0.1) is 11.6 Å². The zero-order valence-electron chi connectivity index (χ0n) is 8.72. The highest BCUT2D eigenvalue weighted by Gasteiger charge is 2.06. The number of benzene rings is 1. The van der Waals surface area contributed by atoms with E-state index in [-0.39, 0.29) is 12.1 Å². The number of halogens is 2. The van der Waals surface area contributed by atoms with E-state index >= 15 is 0 Å². The maximum atomic E-state index is 13.1. The van der Waals surface area contributed by atoms with Gasteiger partial charge in [0.05, 0.1) is 0 Å². The zero-order valence-corrected chi connectivity index (χ0v) is 9.54. The van der Waals surface area contributed by atoms with Gasteiger partial charge in [-0.05, 0) is 37.1 Å². The third-order valence-corrected chi connectivity index (χ3v) is 2.76. The topological polar surface area (TPSA) is 12.0 Å². The molecule has 0 amide bonds. The van der Waals surface area contributed by atoms with E-state index in [1.807, 2.05) is 6.26 Å². The van der Waals surface area contributed by atoms with Crippen molar-refractivity contribution in [2.24, 2.45) is 0 Å². The molecule has 0 saturated carbocycles. The second-order valence-corrected chi connectivity index (χ2v) is 4.21. The second-order valence-electron chi connectivity index (χ2n) is 3.22. The van der Waals surface area contributed by atoms with Crippen LogP contribution in [0.2, 0.25) is 0 Å². The molecular weight excluding hydrogens is 216 g/mol. The highest BCUT2D eigenvalue weighted by atomic mass is 32.2. The van der Waals surface area contributed by atoms with Crippen LogP contribution in [0.15, 0.2) is 18.2 Å². The Kier molecular flexibility index (Phi) is 5.65. The first-order chi connectivity index (χ1) is 7.25. The molecule has 0 aliphatic rings. The predicted molar refractivity (Wildman–Crippen MR) is 61.1 cm³/mol. The van der Waals surface area contributed by atoms with E-state index in [1.54, 1.807) is 11.8 Å². The lowest BCUT2D eigenvalue weighted by Gasteiger charge is -2.06. The largest absolute Gasteiger partial charge is 0.312 e. The number of thioether (sulfide) groups is 1. The fraction of sp³-hybridized carbons (Fsp3) is 0.455. The van der Waals surface area contributed by atoms with E-state index in [0.717, 1.165) is 18.7 Å². The van der Waals surface area contributed by atoms with Crippen molar-refractivity contribution in [2.75, 3.05) is 18.6 Å². The summed E-state index contributed by atoms with van der Waals surface area (Å²) in [6.45, 7) is 1.04. The standard InChI is InChI=1S/C11H15F2NS/c1-15-7-3-6-14-8-9-10(12)4-2-5-11(9)13/h2,4-5,14H,3,6-8H2,1H3. The Hall–Kier alpha value is -0.610. The summed E-state index contributed by atoms with van der Waals surface area (Å²) in [6.07, 6.45) is 3.05. The van der Waals surface area contributed by atoms with Gasteiger partial charge in [-0.25, -0.2) is 8.78 Å². The summed E-state index contributed by atoms with van der Waals surface area (Å²) in [7, 11) is 0. The molecule has 0 fully saturated rings. The highest BCUT2D eigenvalue weighted by molar-refractivity contribution is 7.98. The van der Waals surface area contributed by atoms with Gasteiger partial charge in [0.15, 0.2) is 0 Å². The molecule has 0 heterocycles. The van der Waals surface area contributed by atoms with Crippen LogP contribution in [0.4, 0.5) is 8.78 Å². The Labute approximate surface area is 93.3 Å². The van der Waals surface area contributed by atoms with Crippen LogP contribution in [-0.4, -0.2) is 18.6 Å². The molecule has 4 heteroatoms. The summed E-state index contributed by atoms with van der Waals surface area (Å²) >= 11 is 1.77. The summed E-state index contributed by atoms with van der Waals surface area (Å²) in [6, 6.07) is 3.94. The number of nitrogens with one attached hydrogen (secondary N) is 1. The van der Waals surface area contributed by atoms with E-state index < -0.39 is 11.6 Å². The third kappa shape index (κ3) is 4.18. The molecule has 1 aromatic rings. The van der Waals surface area contributed by atoms with Crippen molar-refractivity contribution in [3.05, 3.63) is 35.4 Å². The van der Waals surface area contributed by atoms with Gasteiger partial charge in [-0.1, -0.05) is 6.07 Å². The minimum Gasteiger partial charge on any atom is -0.312 e. The summed E-state index contributed by atoms with van der Waals surface area (Å²) in [5.74, 6) is 0.104. The van der Waals surface area contributed by atoms with Crippen LogP contribution in [-0.2, 0) is 6.54 Å². The van der Waals surface area contributed by atoms with Crippen molar-refractivity contribution in [3.63, 3.8) is 0 Å². The smallest absolute Gasteiger partial charge is 0.130 e. The Balaban J connectivity index is 2.37. The van der Waals surface area contributed by atoms with Gasteiger partial charge in [0.2, 0.25) is 0 Å². The van der Waals surface area contributed by atoms with Crippen molar-refractivity contribution >= 4 is 11.8 Å². The highest BCUT2D eigenvalue weighted by Crippen LogP contribution is 2.11. The van der Waals surface area contributed by atoms with Gasteiger partial charge in [-0.2, -0.15) is 11.8 Å². The SMILES string of the molecule is CSCCCNCc1c(F)cccc1F. The molecule has 0 atom stereocenters. The van der Waals surface area contributed by atoms with Crippen molar-refractivity contribution in [1.29, 1.82) is 0 Å². The van der Waals surface area contributed by atoms with Crippen molar-refractivity contribution < 1.29 is 8.78 Å². The lowest BCUT2D eigenvalue weighted by molar-refractivity contribution is 0.535. The lowest BCUT2D eigenvalue weighted by Crippen LogP contribution is -2.17. The number of rotatable bonds is 6. The Morgan fingerprint density at radius 1 is 1.27 bits per heavy atom. The van der Waals surface area contributed by atoms with E-state index in [9.17, 15) is 8.78 Å². The quantitative estimate of drug-likeness (QED) is 0.756. The van der Waals surface area contributed by atoms with E-state index in [1.165, 1.54) is 18.2 Å². The molecule has 84 valence electrons. The lowest BCUT2D eigenvalue weighted by atomic mass is 10.2. The van der Waals surface area contributed by atoms with Gasteiger partial charge in [-0.15, -0.1) is 0 Å². The maximum absolute atomic E-state index is 13.1. The summed E-state index contributed by atoms with van der Waals surface area (Å²) in [5.41, 5.74) is 0.127. The van der Waals surface area contributed by atoms with Crippen molar-refractivity contribution in [3.8, 4) is 0 Å². The first kappa shape index (κ1) is 12.5. The Morgan fingerprint density at radius 3 is 2.53 bits per heavy atom. The second kappa shape index (κ2) is 6.80. The third-order valence-electron chi connectivity index (χ3n) is 2.07. The summed E-state index contributed by atoms with van der Waals surface area (Å²) in [4.78, 5) is 0. The molecule has 1 rings (SSSR count). The minimum absolute atomic E-state index is 0.127. The fourth-order valence-electron chi connectivity index (χ4n) is 1.26. The van der Waals surface area contributed by atoms with Crippen LogP contribution in [0.1, 0.15) is 12.0 Å². The number of hydrogen-bond donors (Lipinski definition) is 1. The fourth-order valence-corrected chi connectivity index (χ4v) is 1.69. The molecular formula is C11H15F2NS. The molecule has 0 bridgehead atoms. The normalized spacial score (nSPS) is 10.6. The van der Waals surface area contributed by atoms with Crippen LogP contribution in [0.5, 0.6) is 0 Å². The van der Waals surface area contributed by atoms with Gasteiger partial charge in [-0.3, -0.25) is 0 Å². The van der Waals surface area contributed by atoms with E-state index in [0.29, 0.717) is 0 Å². The summed E-state index contributed by atoms with van der Waals surface area (Å²) in [5, 5.41) is 3.02. The Morgan fingerprint density at radius 2 is 1.93 bits per heavy atom. The van der Waals surface area contributed by atoms with Crippen molar-refractivity contribution in [2.45, 2.75) is 13.0 Å². The molecule has 1 N–H and O–H groups in total. The monoisotopic (exact) mass is 231 g/mol. The molecule has 0 saturated heterocycles. The average Bonchev–Trinajstić information content (AvgIpc) is 2.21. The van der Waals surface area contributed by atoms with Crippen LogP contribution in [0.25, 0.3) is 0 Å². The first-order valence-electron chi connectivity index (χ1n) is 4.88. The first-order valence-corrected chi connectivity index (χ1v) is 6.27. The molecule has 0 unspecified atom stereocenters. The molecule has 1 aromatic carbocycles. The molecule has 0 aliphatic heterocycles. The van der Waals surface area contributed by atoms with Gasteiger partial charge < -0.3 is 5.32 Å². The van der Waals surface area contributed by atoms with Gasteiger partial charge in [0.25, 0.3) is 0 Å². The van der Waals surface area contributed by atoms with Crippen LogP contribution >= 0.6 is 11.8 Å². The van der Waals surface area contributed by atoms with Crippen molar-refractivity contribution in [1.82, 2.24) is 5.32 Å².